The highest BCUT2D eigenvalue weighted by Gasteiger charge is 2.14. The van der Waals surface area contributed by atoms with Crippen LogP contribution in [-0.2, 0) is 14.1 Å². The molecule has 0 amide bonds. The Morgan fingerprint density at radius 3 is 2.72 bits per heavy atom. The van der Waals surface area contributed by atoms with E-state index in [0.717, 1.165) is 27.2 Å². The van der Waals surface area contributed by atoms with E-state index in [1.54, 1.807) is 10.9 Å². The van der Waals surface area contributed by atoms with Gasteiger partial charge in [-0.3, -0.25) is 4.68 Å². The van der Waals surface area contributed by atoms with Crippen LogP contribution in [-0.4, -0.2) is 14.3 Å². The summed E-state index contributed by atoms with van der Waals surface area (Å²) in [6, 6.07) is 5.85. The number of hydrogen-bond acceptors (Lipinski definition) is 2. The van der Waals surface area contributed by atoms with Gasteiger partial charge in [0.1, 0.15) is 0 Å². The molecule has 0 saturated carbocycles. The fraction of sp³-hybridized carbons (Fsp3) is 0.154. The summed E-state index contributed by atoms with van der Waals surface area (Å²) in [6.45, 7) is 0. The highest BCUT2D eigenvalue weighted by molar-refractivity contribution is 6.31. The number of rotatable bonds is 1. The van der Waals surface area contributed by atoms with Gasteiger partial charge >= 0.3 is 0 Å². The molecule has 3 aromatic rings. The zero-order valence-corrected chi connectivity index (χ0v) is 10.9. The predicted molar refractivity (Wildman–Crippen MR) is 74.5 cm³/mol. The van der Waals surface area contributed by atoms with E-state index >= 15 is 0 Å². The normalized spacial score (nSPS) is 11.3. The van der Waals surface area contributed by atoms with Gasteiger partial charge in [-0.05, 0) is 18.2 Å². The van der Waals surface area contributed by atoms with Crippen molar-refractivity contribution in [2.75, 3.05) is 5.73 Å². The van der Waals surface area contributed by atoms with Crippen molar-refractivity contribution in [2.45, 2.75) is 0 Å². The van der Waals surface area contributed by atoms with E-state index in [-0.39, 0.29) is 0 Å². The molecule has 0 atom stereocenters. The topological polar surface area (TPSA) is 48.8 Å². The van der Waals surface area contributed by atoms with Crippen LogP contribution in [0.2, 0.25) is 5.02 Å². The fourth-order valence-electron chi connectivity index (χ4n) is 2.34. The van der Waals surface area contributed by atoms with Crippen LogP contribution in [0.3, 0.4) is 0 Å². The number of anilines is 1. The standard InChI is InChI=1S/C13H13ClN4/c1-17-7-10(13-11(15)6-16-18(13)2)9-5-8(14)3-4-12(9)17/h3-7H,15H2,1-2H3. The molecule has 1 aromatic carbocycles. The SMILES string of the molecule is Cn1ncc(N)c1-c1cn(C)c2ccc(Cl)cc12. The first kappa shape index (κ1) is 11.2. The van der Waals surface area contributed by atoms with Gasteiger partial charge in [0.25, 0.3) is 0 Å². The molecule has 2 N–H and O–H groups in total. The quantitative estimate of drug-likeness (QED) is 0.731. The number of aromatic nitrogens is 3. The molecule has 0 aliphatic rings. The molecule has 3 rings (SSSR count). The fourth-order valence-corrected chi connectivity index (χ4v) is 2.51. The highest BCUT2D eigenvalue weighted by Crippen LogP contribution is 2.34. The van der Waals surface area contributed by atoms with E-state index in [2.05, 4.69) is 9.67 Å². The third-order valence-corrected chi connectivity index (χ3v) is 3.41. The molecule has 0 fully saturated rings. The second-order valence-corrected chi connectivity index (χ2v) is 4.82. The maximum atomic E-state index is 6.08. The zero-order chi connectivity index (χ0) is 12.9. The smallest absolute Gasteiger partial charge is 0.0930 e. The zero-order valence-electron chi connectivity index (χ0n) is 10.2. The summed E-state index contributed by atoms with van der Waals surface area (Å²) in [4.78, 5) is 0. The molecular formula is C13H13ClN4. The number of aryl methyl sites for hydroxylation is 2. The largest absolute Gasteiger partial charge is 0.396 e. The Balaban J connectivity index is 2.40. The first-order valence-electron chi connectivity index (χ1n) is 5.60. The maximum Gasteiger partial charge on any atom is 0.0930 e. The lowest BCUT2D eigenvalue weighted by Crippen LogP contribution is -1.95. The van der Waals surface area contributed by atoms with Gasteiger partial charge in [0.2, 0.25) is 0 Å². The monoisotopic (exact) mass is 260 g/mol. The van der Waals surface area contributed by atoms with Crippen molar-refractivity contribution in [3.05, 3.63) is 35.6 Å². The van der Waals surface area contributed by atoms with E-state index in [0.29, 0.717) is 5.69 Å². The van der Waals surface area contributed by atoms with Crippen molar-refractivity contribution in [2.24, 2.45) is 14.1 Å². The Morgan fingerprint density at radius 1 is 1.28 bits per heavy atom. The Bertz CT molecular complexity index is 719. The maximum absolute atomic E-state index is 6.08. The highest BCUT2D eigenvalue weighted by atomic mass is 35.5. The van der Waals surface area contributed by atoms with Gasteiger partial charge in [0.05, 0.1) is 17.6 Å². The molecule has 2 aromatic heterocycles. The summed E-state index contributed by atoms with van der Waals surface area (Å²) in [5, 5.41) is 5.98. The first-order chi connectivity index (χ1) is 8.58. The Labute approximate surface area is 110 Å². The molecule has 18 heavy (non-hydrogen) atoms. The molecule has 0 aliphatic heterocycles. The van der Waals surface area contributed by atoms with Crippen LogP contribution in [0, 0.1) is 0 Å². The average molecular weight is 261 g/mol. The van der Waals surface area contributed by atoms with E-state index in [9.17, 15) is 0 Å². The van der Waals surface area contributed by atoms with Crippen LogP contribution in [0.5, 0.6) is 0 Å². The summed E-state index contributed by atoms with van der Waals surface area (Å²) in [6.07, 6.45) is 3.72. The number of nitrogen functional groups attached to an aromatic ring is 1. The lowest BCUT2D eigenvalue weighted by atomic mass is 10.1. The van der Waals surface area contributed by atoms with Crippen molar-refractivity contribution in [3.8, 4) is 11.3 Å². The molecule has 0 unspecified atom stereocenters. The summed E-state index contributed by atoms with van der Waals surface area (Å²) in [7, 11) is 3.89. The molecule has 0 radical (unpaired) electrons. The summed E-state index contributed by atoms with van der Waals surface area (Å²) in [5.41, 5.74) is 9.75. The summed E-state index contributed by atoms with van der Waals surface area (Å²) < 4.78 is 3.85. The van der Waals surface area contributed by atoms with Crippen LogP contribution < -0.4 is 5.73 Å². The van der Waals surface area contributed by atoms with Gasteiger partial charge in [0.15, 0.2) is 0 Å². The van der Waals surface area contributed by atoms with Crippen molar-refractivity contribution < 1.29 is 0 Å². The molecule has 0 bridgehead atoms. The third-order valence-electron chi connectivity index (χ3n) is 3.17. The number of fused-ring (bicyclic) bond motifs is 1. The van der Waals surface area contributed by atoms with E-state index in [1.807, 2.05) is 38.5 Å². The van der Waals surface area contributed by atoms with Crippen LogP contribution in [0.1, 0.15) is 0 Å². The molecule has 0 aliphatic carbocycles. The lowest BCUT2D eigenvalue weighted by Gasteiger charge is -2.02. The van der Waals surface area contributed by atoms with Crippen LogP contribution in [0.15, 0.2) is 30.6 Å². The Kier molecular flexibility index (Phi) is 2.35. The van der Waals surface area contributed by atoms with Crippen LogP contribution in [0.4, 0.5) is 5.69 Å². The summed E-state index contributed by atoms with van der Waals surface area (Å²) >= 11 is 6.08. The molecule has 92 valence electrons. The van der Waals surface area contributed by atoms with E-state index in [1.165, 1.54) is 0 Å². The van der Waals surface area contributed by atoms with E-state index < -0.39 is 0 Å². The van der Waals surface area contributed by atoms with E-state index in [4.69, 9.17) is 17.3 Å². The minimum atomic E-state index is 0.671. The molecule has 4 nitrogen and oxygen atoms in total. The number of hydrogen-bond donors (Lipinski definition) is 1. The van der Waals surface area contributed by atoms with Crippen molar-refractivity contribution in [1.82, 2.24) is 14.3 Å². The Hall–Kier alpha value is -1.94. The molecule has 0 saturated heterocycles. The van der Waals surface area contributed by atoms with Gasteiger partial charge in [-0.15, -0.1) is 0 Å². The number of nitrogens with zero attached hydrogens (tertiary/aromatic N) is 3. The van der Waals surface area contributed by atoms with Crippen molar-refractivity contribution in [3.63, 3.8) is 0 Å². The first-order valence-corrected chi connectivity index (χ1v) is 5.98. The van der Waals surface area contributed by atoms with Gasteiger partial charge in [-0.1, -0.05) is 11.6 Å². The average Bonchev–Trinajstić information content (AvgIpc) is 2.81. The molecular weight excluding hydrogens is 248 g/mol. The Morgan fingerprint density at radius 2 is 2.06 bits per heavy atom. The minimum absolute atomic E-state index is 0.671. The van der Waals surface area contributed by atoms with Gasteiger partial charge in [0, 0.05) is 41.8 Å². The number of halogens is 1. The molecule has 5 heteroatoms. The van der Waals surface area contributed by atoms with Gasteiger partial charge in [-0.2, -0.15) is 5.10 Å². The predicted octanol–water partition coefficient (Wildman–Crippen LogP) is 2.81. The minimum Gasteiger partial charge on any atom is -0.396 e. The third kappa shape index (κ3) is 1.49. The van der Waals surface area contributed by atoms with Gasteiger partial charge in [-0.25, -0.2) is 0 Å². The van der Waals surface area contributed by atoms with Crippen molar-refractivity contribution in [1.29, 1.82) is 0 Å². The number of benzene rings is 1. The second-order valence-electron chi connectivity index (χ2n) is 4.39. The molecule has 2 heterocycles. The molecule has 0 spiro atoms. The van der Waals surface area contributed by atoms with Gasteiger partial charge < -0.3 is 10.3 Å². The van der Waals surface area contributed by atoms with Crippen LogP contribution >= 0.6 is 11.6 Å². The number of nitrogens with two attached hydrogens (primary N) is 1. The lowest BCUT2D eigenvalue weighted by molar-refractivity contribution is 0.776. The second kappa shape index (κ2) is 3.78. The van der Waals surface area contributed by atoms with Crippen LogP contribution in [0.25, 0.3) is 22.2 Å². The summed E-state index contributed by atoms with van der Waals surface area (Å²) in [5.74, 6) is 0. The van der Waals surface area contributed by atoms with Crippen molar-refractivity contribution >= 4 is 28.2 Å².